The topological polar surface area (TPSA) is 27.0 Å². The van der Waals surface area contributed by atoms with E-state index in [1.165, 1.54) is 6.42 Å². The van der Waals surface area contributed by atoms with E-state index in [1.54, 1.807) is 0 Å². The number of rotatable bonds is 0. The molecule has 2 rings (SSSR count). The van der Waals surface area contributed by atoms with Gasteiger partial charge in [-0.05, 0) is 25.2 Å². The van der Waals surface area contributed by atoms with Crippen LogP contribution in [0.2, 0.25) is 0 Å². The maximum atomic E-state index is 8.55. The van der Waals surface area contributed by atoms with Gasteiger partial charge in [0.15, 0.2) is 6.19 Å². The molecule has 3 atom stereocenters. The summed E-state index contributed by atoms with van der Waals surface area (Å²) in [5.41, 5.74) is 0. The van der Waals surface area contributed by atoms with Crippen LogP contribution in [0.5, 0.6) is 0 Å². The van der Waals surface area contributed by atoms with Crippen LogP contribution < -0.4 is 0 Å². The second-order valence-corrected chi connectivity index (χ2v) is 3.15. The summed E-state index contributed by atoms with van der Waals surface area (Å²) in [6, 6.07) is 0.542. The van der Waals surface area contributed by atoms with E-state index >= 15 is 0 Å². The number of hydrogen-bond acceptors (Lipinski definition) is 2. The number of fused-ring (bicyclic) bond motifs is 1. The van der Waals surface area contributed by atoms with E-state index in [9.17, 15) is 0 Å². The molecule has 1 aliphatic carbocycles. The van der Waals surface area contributed by atoms with Crippen LogP contribution in [0.1, 0.15) is 41.0 Å². The Morgan fingerprint density at radius 2 is 1.77 bits per heavy atom. The molecule has 3 unspecified atom stereocenters. The van der Waals surface area contributed by atoms with Gasteiger partial charge in [0.1, 0.15) is 0 Å². The Bertz CT molecular complexity index is 171. The predicted molar refractivity (Wildman–Crippen MR) is 56.1 cm³/mol. The van der Waals surface area contributed by atoms with E-state index in [0.717, 1.165) is 18.4 Å². The lowest BCUT2D eigenvalue weighted by Gasteiger charge is -2.15. The second kappa shape index (κ2) is 5.85. The van der Waals surface area contributed by atoms with Gasteiger partial charge in [-0.15, -0.1) is 0 Å². The summed E-state index contributed by atoms with van der Waals surface area (Å²) in [6.45, 7) is 11.2. The first kappa shape index (κ1) is 12.3. The lowest BCUT2D eigenvalue weighted by atomic mass is 10.2. The zero-order chi connectivity index (χ0) is 10.4. The van der Waals surface area contributed by atoms with Crippen LogP contribution in [0.15, 0.2) is 0 Å². The van der Waals surface area contributed by atoms with E-state index in [0.29, 0.717) is 6.04 Å². The Morgan fingerprint density at radius 1 is 1.23 bits per heavy atom. The zero-order valence-electron chi connectivity index (χ0n) is 9.54. The minimum atomic E-state index is 0.542. The number of hydrogen-bond donors (Lipinski definition) is 0. The van der Waals surface area contributed by atoms with Crippen molar-refractivity contribution in [2.75, 3.05) is 6.54 Å². The van der Waals surface area contributed by atoms with Gasteiger partial charge in [0.2, 0.25) is 0 Å². The molecule has 0 aromatic carbocycles. The highest BCUT2D eigenvalue weighted by Gasteiger charge is 2.50. The molecule has 0 bridgehead atoms. The van der Waals surface area contributed by atoms with Gasteiger partial charge in [0, 0.05) is 12.6 Å². The highest BCUT2D eigenvalue weighted by molar-refractivity contribution is 5.05. The van der Waals surface area contributed by atoms with Crippen molar-refractivity contribution in [3.63, 3.8) is 0 Å². The van der Waals surface area contributed by atoms with Gasteiger partial charge >= 0.3 is 0 Å². The number of piperidine rings is 1. The maximum Gasteiger partial charge on any atom is 0.179 e. The summed E-state index contributed by atoms with van der Waals surface area (Å²) in [4.78, 5) is 1.90. The average molecular weight is 182 g/mol. The van der Waals surface area contributed by atoms with Crippen LogP contribution in [-0.4, -0.2) is 17.5 Å². The molecule has 0 aromatic heterocycles. The Kier molecular flexibility index (Phi) is 5.53. The standard InChI is InChI=1S/C7H10N2.2C2H6/c1-5-7-2-6(7)3-9(5)4-8;2*1-2/h5-7H,2-3H2,1H3;2*1-2H3. The first-order valence-corrected chi connectivity index (χ1v) is 5.49. The molecule has 1 saturated heterocycles. The Balaban J connectivity index is 0.000000322. The highest BCUT2D eigenvalue weighted by Crippen LogP contribution is 2.48. The summed E-state index contributed by atoms with van der Waals surface area (Å²) in [7, 11) is 0. The minimum Gasteiger partial charge on any atom is -0.307 e. The van der Waals surface area contributed by atoms with Gasteiger partial charge < -0.3 is 4.90 Å². The molecule has 13 heavy (non-hydrogen) atoms. The van der Waals surface area contributed by atoms with Crippen molar-refractivity contribution >= 4 is 0 Å². The molecule has 1 saturated carbocycles. The molecule has 0 amide bonds. The third-order valence-electron chi connectivity index (χ3n) is 2.65. The van der Waals surface area contributed by atoms with Crippen molar-refractivity contribution in [2.45, 2.75) is 47.1 Å². The molecule has 1 aliphatic heterocycles. The van der Waals surface area contributed by atoms with Crippen LogP contribution in [0.25, 0.3) is 0 Å². The smallest absolute Gasteiger partial charge is 0.179 e. The average Bonchev–Trinajstić information content (AvgIpc) is 2.93. The minimum absolute atomic E-state index is 0.542. The zero-order valence-corrected chi connectivity index (χ0v) is 9.54. The van der Waals surface area contributed by atoms with Crippen molar-refractivity contribution in [1.29, 1.82) is 5.26 Å². The molecule has 2 heteroatoms. The number of nitrogens with zero attached hydrogens (tertiary/aromatic N) is 2. The van der Waals surface area contributed by atoms with E-state index in [2.05, 4.69) is 13.1 Å². The molecule has 0 N–H and O–H groups in total. The van der Waals surface area contributed by atoms with Crippen LogP contribution in [0, 0.1) is 23.3 Å². The predicted octanol–water partition coefficient (Wildman–Crippen LogP) is 2.86. The second-order valence-electron chi connectivity index (χ2n) is 3.15. The molecule has 2 fully saturated rings. The fourth-order valence-corrected chi connectivity index (χ4v) is 1.85. The summed E-state index contributed by atoms with van der Waals surface area (Å²) in [6.07, 6.45) is 3.58. The monoisotopic (exact) mass is 182 g/mol. The van der Waals surface area contributed by atoms with Crippen molar-refractivity contribution in [3.8, 4) is 6.19 Å². The molecule has 76 valence electrons. The van der Waals surface area contributed by atoms with Crippen LogP contribution >= 0.6 is 0 Å². The lowest BCUT2D eigenvalue weighted by Crippen LogP contribution is -2.25. The van der Waals surface area contributed by atoms with Crippen LogP contribution in [-0.2, 0) is 0 Å². The van der Waals surface area contributed by atoms with Gasteiger partial charge in [-0.25, -0.2) is 0 Å². The number of nitriles is 1. The van der Waals surface area contributed by atoms with Gasteiger partial charge in [-0.3, -0.25) is 0 Å². The molecule has 0 radical (unpaired) electrons. The van der Waals surface area contributed by atoms with Crippen molar-refractivity contribution in [1.82, 2.24) is 4.90 Å². The van der Waals surface area contributed by atoms with Gasteiger partial charge in [-0.1, -0.05) is 27.7 Å². The van der Waals surface area contributed by atoms with E-state index in [1.807, 2.05) is 32.6 Å². The molecular weight excluding hydrogens is 160 g/mol. The molecule has 2 aliphatic rings. The SMILES string of the molecule is CC.CC.CC1C2CC2CN1C#N. The van der Waals surface area contributed by atoms with Gasteiger partial charge in [-0.2, -0.15) is 5.26 Å². The summed E-state index contributed by atoms with van der Waals surface area (Å²) in [5.74, 6) is 1.74. The summed E-state index contributed by atoms with van der Waals surface area (Å²) in [5, 5.41) is 8.55. The van der Waals surface area contributed by atoms with Crippen molar-refractivity contribution in [2.24, 2.45) is 11.8 Å². The molecule has 2 nitrogen and oxygen atoms in total. The molecule has 0 spiro atoms. The fraction of sp³-hybridized carbons (Fsp3) is 0.909. The summed E-state index contributed by atoms with van der Waals surface area (Å²) < 4.78 is 0. The van der Waals surface area contributed by atoms with Crippen LogP contribution in [0.4, 0.5) is 0 Å². The van der Waals surface area contributed by atoms with E-state index < -0.39 is 0 Å². The molecule has 0 aromatic rings. The Labute approximate surface area is 82.5 Å². The van der Waals surface area contributed by atoms with E-state index in [-0.39, 0.29) is 0 Å². The van der Waals surface area contributed by atoms with Crippen LogP contribution in [0.3, 0.4) is 0 Å². The maximum absolute atomic E-state index is 8.55. The number of likely N-dealkylation sites (tertiary alicyclic amines) is 1. The summed E-state index contributed by atoms with van der Waals surface area (Å²) >= 11 is 0. The lowest BCUT2D eigenvalue weighted by molar-refractivity contribution is 0.338. The molecule has 1 heterocycles. The van der Waals surface area contributed by atoms with Gasteiger partial charge in [0.05, 0.1) is 0 Å². The normalized spacial score (nSPS) is 32.9. The third kappa shape index (κ3) is 2.62. The highest BCUT2D eigenvalue weighted by atomic mass is 15.2. The van der Waals surface area contributed by atoms with E-state index in [4.69, 9.17) is 5.26 Å². The Morgan fingerprint density at radius 3 is 2.00 bits per heavy atom. The Hall–Kier alpha value is -0.710. The third-order valence-corrected chi connectivity index (χ3v) is 2.65. The van der Waals surface area contributed by atoms with Crippen molar-refractivity contribution in [3.05, 3.63) is 0 Å². The first-order chi connectivity index (χ1) is 6.33. The van der Waals surface area contributed by atoms with Crippen molar-refractivity contribution < 1.29 is 0 Å². The molecular formula is C11H22N2. The fourth-order valence-electron chi connectivity index (χ4n) is 1.85. The quantitative estimate of drug-likeness (QED) is 0.539. The largest absolute Gasteiger partial charge is 0.307 e. The van der Waals surface area contributed by atoms with Gasteiger partial charge in [0.25, 0.3) is 0 Å². The first-order valence-electron chi connectivity index (χ1n) is 5.49.